The molecule has 0 aliphatic heterocycles. The molecule has 0 bridgehead atoms. The SMILES string of the molecule is CCCSC(c1cccc(C2CCCC2)c1OCc1ccccc1)C(O)COCC(=O)O. The van der Waals surface area contributed by atoms with E-state index in [0.29, 0.717) is 12.5 Å². The average molecular weight is 459 g/mol. The maximum absolute atomic E-state index is 11.0. The molecule has 0 spiro atoms. The molecule has 2 atom stereocenters. The summed E-state index contributed by atoms with van der Waals surface area (Å²) in [4.78, 5) is 10.8. The number of aliphatic hydroxyl groups is 1. The third-order valence-electron chi connectivity index (χ3n) is 5.77. The van der Waals surface area contributed by atoms with Gasteiger partial charge < -0.3 is 19.7 Å². The number of carbonyl (C=O) groups is 1. The molecule has 6 heteroatoms. The number of ether oxygens (including phenoxy) is 2. The first-order valence-corrected chi connectivity index (χ1v) is 12.5. The van der Waals surface area contributed by atoms with Gasteiger partial charge in [0.2, 0.25) is 0 Å². The largest absolute Gasteiger partial charge is 0.488 e. The number of para-hydroxylation sites is 1. The summed E-state index contributed by atoms with van der Waals surface area (Å²) < 4.78 is 11.7. The van der Waals surface area contributed by atoms with Gasteiger partial charge in [0.25, 0.3) is 0 Å². The predicted octanol–water partition coefficient (Wildman–Crippen LogP) is 5.57. The van der Waals surface area contributed by atoms with Crippen LogP contribution in [-0.2, 0) is 16.1 Å². The number of hydrogen-bond donors (Lipinski definition) is 2. The molecule has 0 heterocycles. The smallest absolute Gasteiger partial charge is 0.329 e. The summed E-state index contributed by atoms with van der Waals surface area (Å²) in [5, 5.41) is 19.6. The highest BCUT2D eigenvalue weighted by molar-refractivity contribution is 7.99. The average Bonchev–Trinajstić information content (AvgIpc) is 3.33. The minimum atomic E-state index is -1.04. The van der Waals surface area contributed by atoms with Crippen LogP contribution in [0.2, 0.25) is 0 Å². The normalized spacial score (nSPS) is 16.1. The quantitative estimate of drug-likeness (QED) is 0.409. The van der Waals surface area contributed by atoms with E-state index in [9.17, 15) is 9.90 Å². The number of aliphatic hydroxyl groups excluding tert-OH is 1. The molecule has 0 amide bonds. The Morgan fingerprint density at radius 3 is 2.56 bits per heavy atom. The van der Waals surface area contributed by atoms with Gasteiger partial charge >= 0.3 is 5.97 Å². The number of thioether (sulfide) groups is 1. The zero-order chi connectivity index (χ0) is 22.8. The lowest BCUT2D eigenvalue weighted by Gasteiger charge is -2.27. The lowest BCUT2D eigenvalue weighted by Crippen LogP contribution is -2.25. The maximum atomic E-state index is 11.0. The first-order valence-electron chi connectivity index (χ1n) is 11.5. The van der Waals surface area contributed by atoms with Crippen LogP contribution in [0.25, 0.3) is 0 Å². The fraction of sp³-hybridized carbons (Fsp3) is 0.500. The van der Waals surface area contributed by atoms with E-state index in [2.05, 4.69) is 31.2 Å². The molecule has 1 aliphatic carbocycles. The van der Waals surface area contributed by atoms with Crippen LogP contribution < -0.4 is 4.74 Å². The molecule has 0 saturated heterocycles. The van der Waals surface area contributed by atoms with Crippen LogP contribution in [0, 0.1) is 0 Å². The molecule has 2 N–H and O–H groups in total. The topological polar surface area (TPSA) is 76.0 Å². The van der Waals surface area contributed by atoms with Crippen LogP contribution in [0.1, 0.15) is 66.9 Å². The molecule has 0 aromatic heterocycles. The third-order valence-corrected chi connectivity index (χ3v) is 7.34. The van der Waals surface area contributed by atoms with E-state index in [1.807, 2.05) is 24.3 Å². The Kier molecular flexibility index (Phi) is 9.90. The molecule has 1 saturated carbocycles. The van der Waals surface area contributed by atoms with Gasteiger partial charge in [-0.2, -0.15) is 11.8 Å². The zero-order valence-electron chi connectivity index (χ0n) is 18.7. The highest BCUT2D eigenvalue weighted by atomic mass is 32.2. The van der Waals surface area contributed by atoms with Crippen LogP contribution >= 0.6 is 11.8 Å². The van der Waals surface area contributed by atoms with Crippen LogP contribution in [0.5, 0.6) is 5.75 Å². The van der Waals surface area contributed by atoms with Gasteiger partial charge in [0.05, 0.1) is 18.0 Å². The number of carboxylic acids is 1. The van der Waals surface area contributed by atoms with E-state index in [-0.39, 0.29) is 11.9 Å². The third kappa shape index (κ3) is 6.99. The van der Waals surface area contributed by atoms with Gasteiger partial charge in [0.15, 0.2) is 0 Å². The molecule has 1 aliphatic rings. The fourth-order valence-electron chi connectivity index (χ4n) is 4.26. The van der Waals surface area contributed by atoms with Crippen LogP contribution in [0.3, 0.4) is 0 Å². The van der Waals surface area contributed by atoms with E-state index in [4.69, 9.17) is 14.6 Å². The van der Waals surface area contributed by atoms with Gasteiger partial charge in [-0.25, -0.2) is 4.79 Å². The predicted molar refractivity (Wildman–Crippen MR) is 128 cm³/mol. The molecular weight excluding hydrogens is 424 g/mol. The molecule has 2 aromatic carbocycles. The van der Waals surface area contributed by atoms with Gasteiger partial charge in [-0.05, 0) is 42.1 Å². The van der Waals surface area contributed by atoms with E-state index in [1.165, 1.54) is 18.4 Å². The second-order valence-electron chi connectivity index (χ2n) is 8.29. The summed E-state index contributed by atoms with van der Waals surface area (Å²) in [6.45, 7) is 2.13. The standard InChI is InChI=1S/C26H34O5S/c1-2-15-32-26(23(27)17-30-18-24(28)29)22-14-8-13-21(20-11-6-7-12-20)25(22)31-16-19-9-4-3-5-10-19/h3-5,8-10,13-14,20,23,26-27H,2,6-7,11-12,15-18H2,1H3,(H,28,29). The summed E-state index contributed by atoms with van der Waals surface area (Å²) in [6.07, 6.45) is 4.92. The molecular formula is C26H34O5S. The minimum absolute atomic E-state index is 0.0283. The Labute approximate surface area is 195 Å². The van der Waals surface area contributed by atoms with Crippen molar-refractivity contribution in [2.24, 2.45) is 0 Å². The Bertz CT molecular complexity index is 835. The minimum Gasteiger partial charge on any atom is -0.488 e. The molecule has 174 valence electrons. The van der Waals surface area contributed by atoms with Crippen molar-refractivity contribution in [1.82, 2.24) is 0 Å². The monoisotopic (exact) mass is 458 g/mol. The highest BCUT2D eigenvalue weighted by Gasteiger charge is 2.29. The lowest BCUT2D eigenvalue weighted by atomic mass is 9.92. The number of benzene rings is 2. The summed E-state index contributed by atoms with van der Waals surface area (Å²) in [7, 11) is 0. The summed E-state index contributed by atoms with van der Waals surface area (Å²) in [5.74, 6) is 1.18. The Morgan fingerprint density at radius 2 is 1.88 bits per heavy atom. The first kappa shape index (κ1) is 24.6. The zero-order valence-corrected chi connectivity index (χ0v) is 19.6. The van der Waals surface area contributed by atoms with Crippen molar-refractivity contribution in [2.45, 2.75) is 62.9 Å². The van der Waals surface area contributed by atoms with Gasteiger partial charge in [-0.1, -0.05) is 68.3 Å². The molecule has 2 aromatic rings. The van der Waals surface area contributed by atoms with Crippen molar-refractivity contribution in [3.63, 3.8) is 0 Å². The first-order chi connectivity index (χ1) is 15.6. The van der Waals surface area contributed by atoms with E-state index in [0.717, 1.165) is 41.9 Å². The number of aliphatic carboxylic acids is 1. The van der Waals surface area contributed by atoms with Crippen molar-refractivity contribution in [2.75, 3.05) is 19.0 Å². The Balaban J connectivity index is 1.90. The maximum Gasteiger partial charge on any atom is 0.329 e. The van der Waals surface area contributed by atoms with E-state index < -0.39 is 18.7 Å². The van der Waals surface area contributed by atoms with Crippen LogP contribution in [0.4, 0.5) is 0 Å². The molecule has 5 nitrogen and oxygen atoms in total. The number of carboxylic acid groups (broad SMARTS) is 1. The molecule has 32 heavy (non-hydrogen) atoms. The lowest BCUT2D eigenvalue weighted by molar-refractivity contribution is -0.143. The highest BCUT2D eigenvalue weighted by Crippen LogP contribution is 2.45. The van der Waals surface area contributed by atoms with Crippen molar-refractivity contribution < 1.29 is 24.5 Å². The van der Waals surface area contributed by atoms with Crippen molar-refractivity contribution >= 4 is 17.7 Å². The molecule has 1 fully saturated rings. The molecule has 3 rings (SSSR count). The second kappa shape index (κ2) is 12.9. The van der Waals surface area contributed by atoms with Crippen molar-refractivity contribution in [3.05, 3.63) is 65.2 Å². The van der Waals surface area contributed by atoms with E-state index in [1.54, 1.807) is 11.8 Å². The molecule has 2 unspecified atom stereocenters. The van der Waals surface area contributed by atoms with Gasteiger partial charge in [-0.15, -0.1) is 0 Å². The number of rotatable bonds is 13. The fourth-order valence-corrected chi connectivity index (χ4v) is 5.42. The Hall–Kier alpha value is -2.02. The second-order valence-corrected chi connectivity index (χ2v) is 9.54. The van der Waals surface area contributed by atoms with Gasteiger partial charge in [0, 0.05) is 5.56 Å². The summed E-state index contributed by atoms with van der Waals surface area (Å²) in [5.41, 5.74) is 3.29. The summed E-state index contributed by atoms with van der Waals surface area (Å²) in [6, 6.07) is 16.4. The summed E-state index contributed by atoms with van der Waals surface area (Å²) >= 11 is 1.67. The van der Waals surface area contributed by atoms with Crippen LogP contribution in [-0.4, -0.2) is 41.3 Å². The molecule has 0 radical (unpaired) electrons. The van der Waals surface area contributed by atoms with Gasteiger partial charge in [-0.3, -0.25) is 0 Å². The van der Waals surface area contributed by atoms with Crippen molar-refractivity contribution in [1.29, 1.82) is 0 Å². The number of hydrogen-bond acceptors (Lipinski definition) is 5. The van der Waals surface area contributed by atoms with Gasteiger partial charge in [0.1, 0.15) is 19.0 Å². The van der Waals surface area contributed by atoms with E-state index >= 15 is 0 Å². The Morgan fingerprint density at radius 1 is 1.12 bits per heavy atom. The van der Waals surface area contributed by atoms with Crippen molar-refractivity contribution in [3.8, 4) is 5.75 Å². The van der Waals surface area contributed by atoms with Crippen LogP contribution in [0.15, 0.2) is 48.5 Å².